The van der Waals surface area contributed by atoms with Crippen LogP contribution in [0.3, 0.4) is 0 Å². The van der Waals surface area contributed by atoms with Crippen molar-refractivity contribution in [3.63, 3.8) is 0 Å². The molecule has 0 aromatic carbocycles. The lowest BCUT2D eigenvalue weighted by molar-refractivity contribution is 0.747. The van der Waals surface area contributed by atoms with Gasteiger partial charge >= 0.3 is 0 Å². The number of hydrogen-bond donors (Lipinski definition) is 1. The van der Waals surface area contributed by atoms with E-state index in [1.54, 1.807) is 10.1 Å². The molecule has 80 valence electrons. The molecule has 0 amide bonds. The second-order valence-corrected chi connectivity index (χ2v) is 5.03. The Morgan fingerprint density at radius 3 is 3.00 bits per heavy atom. The fraction of sp³-hybridized carbons (Fsp3) is 0.250. The van der Waals surface area contributed by atoms with E-state index in [-0.39, 0.29) is 0 Å². The first kappa shape index (κ1) is 10.9. The van der Waals surface area contributed by atoms with Gasteiger partial charge in [0.1, 0.15) is 5.15 Å². The summed E-state index contributed by atoms with van der Waals surface area (Å²) in [7, 11) is 1.88. The predicted octanol–water partition coefficient (Wildman–Crippen LogP) is 2.90. The largest absolute Gasteiger partial charge is 0.356 e. The maximum Gasteiger partial charge on any atom is 0.184 e. The summed E-state index contributed by atoms with van der Waals surface area (Å²) >= 11 is 10.6. The molecule has 0 fully saturated rings. The van der Waals surface area contributed by atoms with Gasteiger partial charge < -0.3 is 5.32 Å². The fourth-order valence-electron chi connectivity index (χ4n) is 1.12. The van der Waals surface area contributed by atoms with Crippen LogP contribution in [0.4, 0.5) is 5.13 Å². The lowest BCUT2D eigenvalue weighted by atomic mass is 10.4. The van der Waals surface area contributed by atoms with Crippen molar-refractivity contribution in [3.05, 3.63) is 26.9 Å². The van der Waals surface area contributed by atoms with Crippen molar-refractivity contribution in [1.82, 2.24) is 14.8 Å². The van der Waals surface area contributed by atoms with E-state index in [4.69, 9.17) is 11.6 Å². The first-order chi connectivity index (χ1) is 7.15. The number of rotatable bonds is 3. The molecule has 2 rings (SSSR count). The quantitative estimate of drug-likeness (QED) is 0.948. The highest BCUT2D eigenvalue weighted by atomic mass is 79.9. The normalized spacial score (nSPS) is 10.6. The smallest absolute Gasteiger partial charge is 0.184 e. The van der Waals surface area contributed by atoms with Crippen LogP contribution in [0.15, 0.2) is 16.0 Å². The molecule has 0 unspecified atom stereocenters. The number of aryl methyl sites for hydroxylation is 1. The molecule has 2 aromatic rings. The molecule has 4 nitrogen and oxygen atoms in total. The number of thiazole rings is 1. The van der Waals surface area contributed by atoms with Crippen LogP contribution >= 0.6 is 38.9 Å². The summed E-state index contributed by atoms with van der Waals surface area (Å²) < 4.78 is 2.75. The molecule has 0 aliphatic heterocycles. The topological polar surface area (TPSA) is 42.7 Å². The lowest BCUT2D eigenvalue weighted by Crippen LogP contribution is -2.01. The summed E-state index contributed by atoms with van der Waals surface area (Å²) in [5.74, 6) is 0. The van der Waals surface area contributed by atoms with E-state index in [0.717, 1.165) is 15.3 Å². The molecule has 1 N–H and O–H groups in total. The minimum Gasteiger partial charge on any atom is -0.356 e. The molecule has 0 radical (unpaired) electrons. The van der Waals surface area contributed by atoms with E-state index in [2.05, 4.69) is 31.3 Å². The van der Waals surface area contributed by atoms with Crippen molar-refractivity contribution >= 4 is 44.0 Å². The number of anilines is 1. The Balaban J connectivity index is 2.01. The van der Waals surface area contributed by atoms with Crippen LogP contribution in [0.5, 0.6) is 0 Å². The molecule has 7 heteroatoms. The molecule has 0 aliphatic carbocycles. The number of nitrogens with zero attached hydrogens (tertiary/aromatic N) is 3. The number of nitrogens with one attached hydrogen (secondary N) is 1. The van der Waals surface area contributed by atoms with Gasteiger partial charge in [-0.05, 0) is 15.9 Å². The van der Waals surface area contributed by atoms with E-state index >= 15 is 0 Å². The van der Waals surface area contributed by atoms with Gasteiger partial charge in [-0.25, -0.2) is 4.98 Å². The number of aromatic nitrogens is 3. The highest BCUT2D eigenvalue weighted by Gasteiger charge is 2.05. The maximum absolute atomic E-state index is 5.71. The van der Waals surface area contributed by atoms with E-state index < -0.39 is 0 Å². The van der Waals surface area contributed by atoms with Crippen LogP contribution < -0.4 is 5.32 Å². The van der Waals surface area contributed by atoms with Crippen LogP contribution in [-0.2, 0) is 13.6 Å². The average Bonchev–Trinajstić information content (AvgIpc) is 2.70. The molecular weight excluding hydrogens is 300 g/mol. The molecule has 0 saturated heterocycles. The second kappa shape index (κ2) is 4.51. The zero-order valence-corrected chi connectivity index (χ0v) is 11.0. The van der Waals surface area contributed by atoms with Gasteiger partial charge in [0.05, 0.1) is 16.7 Å². The van der Waals surface area contributed by atoms with Crippen molar-refractivity contribution < 1.29 is 0 Å². The lowest BCUT2D eigenvalue weighted by Gasteiger charge is -1.99. The molecule has 15 heavy (non-hydrogen) atoms. The van der Waals surface area contributed by atoms with Crippen LogP contribution in [0.2, 0.25) is 5.15 Å². The number of halogens is 2. The van der Waals surface area contributed by atoms with Gasteiger partial charge in [0.2, 0.25) is 0 Å². The fourth-order valence-corrected chi connectivity index (χ4v) is 2.47. The standard InChI is InChI=1S/C8H8BrClN4S/c1-14-3-5(9)6(13-14)2-11-8-12-7(10)4-15-8/h3-4H,2H2,1H3,(H,11,12). The molecular formula is C8H8BrClN4S. The minimum absolute atomic E-state index is 0.516. The zero-order valence-electron chi connectivity index (χ0n) is 7.87. The van der Waals surface area contributed by atoms with Crippen molar-refractivity contribution in [3.8, 4) is 0 Å². The molecule has 0 saturated carbocycles. The summed E-state index contributed by atoms with van der Waals surface area (Å²) in [6.45, 7) is 0.630. The Morgan fingerprint density at radius 1 is 1.67 bits per heavy atom. The van der Waals surface area contributed by atoms with Gasteiger partial charge in [0.15, 0.2) is 5.13 Å². The van der Waals surface area contributed by atoms with Gasteiger partial charge in [-0.3, -0.25) is 4.68 Å². The first-order valence-electron chi connectivity index (χ1n) is 4.18. The van der Waals surface area contributed by atoms with Crippen molar-refractivity contribution in [1.29, 1.82) is 0 Å². The SMILES string of the molecule is Cn1cc(Br)c(CNc2nc(Cl)cs2)n1. The van der Waals surface area contributed by atoms with Gasteiger partial charge in [-0.1, -0.05) is 11.6 Å². The van der Waals surface area contributed by atoms with Gasteiger partial charge in [-0.2, -0.15) is 5.10 Å². The van der Waals surface area contributed by atoms with Gasteiger partial charge in [0.25, 0.3) is 0 Å². The van der Waals surface area contributed by atoms with Crippen LogP contribution in [-0.4, -0.2) is 14.8 Å². The van der Waals surface area contributed by atoms with Gasteiger partial charge in [-0.15, -0.1) is 11.3 Å². The van der Waals surface area contributed by atoms with Crippen molar-refractivity contribution in [2.75, 3.05) is 5.32 Å². The molecule has 2 aromatic heterocycles. The summed E-state index contributed by atoms with van der Waals surface area (Å²) in [5, 5.41) is 10.5. The van der Waals surface area contributed by atoms with E-state index in [0.29, 0.717) is 11.7 Å². The second-order valence-electron chi connectivity index (χ2n) is 2.93. The summed E-state index contributed by atoms with van der Waals surface area (Å²) in [6, 6.07) is 0. The van der Waals surface area contributed by atoms with E-state index in [1.165, 1.54) is 11.3 Å². The summed E-state index contributed by atoms with van der Waals surface area (Å²) in [5.41, 5.74) is 0.948. The highest BCUT2D eigenvalue weighted by molar-refractivity contribution is 9.10. The van der Waals surface area contributed by atoms with Crippen LogP contribution in [0.1, 0.15) is 5.69 Å². The molecule has 2 heterocycles. The average molecular weight is 308 g/mol. The van der Waals surface area contributed by atoms with E-state index in [9.17, 15) is 0 Å². The van der Waals surface area contributed by atoms with Crippen molar-refractivity contribution in [2.45, 2.75) is 6.54 Å². The number of hydrogen-bond acceptors (Lipinski definition) is 4. The Bertz CT molecular complexity index is 467. The third-order valence-electron chi connectivity index (χ3n) is 1.74. The molecule has 0 spiro atoms. The minimum atomic E-state index is 0.516. The molecule has 0 bridgehead atoms. The Kier molecular flexibility index (Phi) is 3.28. The molecule has 0 aliphatic rings. The third kappa shape index (κ3) is 2.70. The Labute approximate surface area is 104 Å². The third-order valence-corrected chi connectivity index (χ3v) is 3.52. The summed E-state index contributed by atoms with van der Waals surface area (Å²) in [4.78, 5) is 4.09. The van der Waals surface area contributed by atoms with Crippen LogP contribution in [0, 0.1) is 0 Å². The van der Waals surface area contributed by atoms with E-state index in [1.807, 2.05) is 13.2 Å². The predicted molar refractivity (Wildman–Crippen MR) is 65.4 cm³/mol. The maximum atomic E-state index is 5.71. The summed E-state index contributed by atoms with van der Waals surface area (Å²) in [6.07, 6.45) is 1.91. The van der Waals surface area contributed by atoms with Crippen molar-refractivity contribution in [2.24, 2.45) is 7.05 Å². The van der Waals surface area contributed by atoms with Crippen LogP contribution in [0.25, 0.3) is 0 Å². The zero-order chi connectivity index (χ0) is 10.8. The molecule has 0 atom stereocenters. The first-order valence-corrected chi connectivity index (χ1v) is 6.23. The Hall–Kier alpha value is -0.590. The van der Waals surface area contributed by atoms with Gasteiger partial charge in [0, 0.05) is 18.6 Å². The Morgan fingerprint density at radius 2 is 2.47 bits per heavy atom. The highest BCUT2D eigenvalue weighted by Crippen LogP contribution is 2.21. The monoisotopic (exact) mass is 306 g/mol.